The summed E-state index contributed by atoms with van der Waals surface area (Å²) in [6, 6.07) is 23.1. The van der Waals surface area contributed by atoms with Crippen LogP contribution in [0.15, 0.2) is 77.9 Å². The van der Waals surface area contributed by atoms with Crippen LogP contribution in [0.5, 0.6) is 0 Å². The van der Waals surface area contributed by atoms with Crippen molar-refractivity contribution in [2.45, 2.75) is 13.5 Å². The van der Waals surface area contributed by atoms with E-state index < -0.39 is 0 Å². The maximum absolute atomic E-state index is 12.2. The van der Waals surface area contributed by atoms with Crippen LogP contribution in [0, 0.1) is 6.92 Å². The van der Waals surface area contributed by atoms with Crippen molar-refractivity contribution in [3.63, 3.8) is 0 Å². The molecule has 0 aliphatic rings. The summed E-state index contributed by atoms with van der Waals surface area (Å²) >= 11 is 12.3. The van der Waals surface area contributed by atoms with Crippen molar-refractivity contribution < 1.29 is 4.79 Å². The number of nitrogens with zero attached hydrogens (tertiary/aromatic N) is 2. The summed E-state index contributed by atoms with van der Waals surface area (Å²) in [6.07, 6.45) is 1.70. The van der Waals surface area contributed by atoms with Gasteiger partial charge in [-0.25, -0.2) is 5.43 Å². The predicted molar refractivity (Wildman–Crippen MR) is 133 cm³/mol. The van der Waals surface area contributed by atoms with Gasteiger partial charge in [-0.15, -0.1) is 0 Å². The van der Waals surface area contributed by atoms with Crippen molar-refractivity contribution in [3.05, 3.63) is 99.7 Å². The number of carbonyl (C=O) groups is 1. The molecule has 0 saturated heterocycles. The summed E-state index contributed by atoms with van der Waals surface area (Å²) in [5.41, 5.74) is 7.53. The second-order valence-electron chi connectivity index (χ2n) is 7.35. The first-order chi connectivity index (χ1) is 15.5. The zero-order valence-electron chi connectivity index (χ0n) is 17.5. The van der Waals surface area contributed by atoms with E-state index in [0.29, 0.717) is 11.6 Å². The summed E-state index contributed by atoms with van der Waals surface area (Å²) in [7, 11) is 0. The molecule has 0 aliphatic carbocycles. The average molecular weight is 465 g/mol. The highest BCUT2D eigenvalue weighted by molar-refractivity contribution is 6.31. The molecule has 0 aliphatic heterocycles. The fourth-order valence-corrected chi connectivity index (χ4v) is 3.90. The van der Waals surface area contributed by atoms with Crippen molar-refractivity contribution in [3.8, 4) is 0 Å². The highest BCUT2D eigenvalue weighted by atomic mass is 35.5. The number of hydrogen-bond donors (Lipinski definition) is 2. The van der Waals surface area contributed by atoms with Gasteiger partial charge in [0.05, 0.1) is 12.8 Å². The Labute approximate surface area is 196 Å². The smallest absolute Gasteiger partial charge is 0.259 e. The third kappa shape index (κ3) is 4.96. The summed E-state index contributed by atoms with van der Waals surface area (Å²) in [5.74, 6) is -0.242. The Kier molecular flexibility index (Phi) is 6.78. The number of anilines is 1. The van der Waals surface area contributed by atoms with Crippen molar-refractivity contribution in [1.82, 2.24) is 9.99 Å². The van der Waals surface area contributed by atoms with Gasteiger partial charge in [0.1, 0.15) is 0 Å². The van der Waals surface area contributed by atoms with Crippen LogP contribution in [0.1, 0.15) is 16.8 Å². The Morgan fingerprint density at radius 2 is 1.72 bits per heavy atom. The first-order valence-corrected chi connectivity index (χ1v) is 10.9. The number of fused-ring (bicyclic) bond motifs is 1. The number of rotatable bonds is 7. The molecule has 0 radical (unpaired) electrons. The molecule has 2 N–H and O–H groups in total. The number of hydrazone groups is 1. The molecule has 4 rings (SSSR count). The summed E-state index contributed by atoms with van der Waals surface area (Å²) in [5, 5.41) is 9.68. The predicted octanol–water partition coefficient (Wildman–Crippen LogP) is 5.87. The monoisotopic (exact) mass is 464 g/mol. The van der Waals surface area contributed by atoms with E-state index in [-0.39, 0.29) is 12.5 Å². The number of benzene rings is 3. The van der Waals surface area contributed by atoms with E-state index in [1.54, 1.807) is 18.3 Å². The van der Waals surface area contributed by atoms with Crippen LogP contribution in [-0.2, 0) is 11.3 Å². The molecule has 5 nitrogen and oxygen atoms in total. The molecular weight excluding hydrogens is 443 g/mol. The van der Waals surface area contributed by atoms with Crippen LogP contribution in [0.3, 0.4) is 0 Å². The van der Waals surface area contributed by atoms with Gasteiger partial charge in [-0.05, 0) is 48.9 Å². The van der Waals surface area contributed by atoms with Gasteiger partial charge < -0.3 is 9.88 Å². The largest absolute Gasteiger partial charge is 0.376 e. The second-order valence-corrected chi connectivity index (χ2v) is 8.19. The van der Waals surface area contributed by atoms with Crippen molar-refractivity contribution in [2.24, 2.45) is 5.10 Å². The Morgan fingerprint density at radius 1 is 1.00 bits per heavy atom. The van der Waals surface area contributed by atoms with Gasteiger partial charge in [0, 0.05) is 44.4 Å². The summed E-state index contributed by atoms with van der Waals surface area (Å²) in [4.78, 5) is 12.2. The maximum atomic E-state index is 12.2. The molecule has 32 heavy (non-hydrogen) atoms. The molecule has 1 aromatic heterocycles. The standard InChI is InChI=1S/C25H22Cl2N4O/c1-17-22(14-29-30-25(32)15-28-20-12-10-19(26)11-13-20)21-7-3-5-9-24(21)31(17)16-18-6-2-4-8-23(18)27/h2-14,28H,15-16H2,1H3,(H,30,32)/b29-14-. The number of nitrogens with one attached hydrogen (secondary N) is 2. The molecule has 162 valence electrons. The first kappa shape index (κ1) is 21.9. The third-order valence-electron chi connectivity index (χ3n) is 5.25. The zero-order valence-corrected chi connectivity index (χ0v) is 19.0. The molecule has 0 bridgehead atoms. The number of hydrogen-bond acceptors (Lipinski definition) is 3. The average Bonchev–Trinajstić information content (AvgIpc) is 3.06. The third-order valence-corrected chi connectivity index (χ3v) is 5.87. The SMILES string of the molecule is Cc1c(/C=N\NC(=O)CNc2ccc(Cl)cc2)c2ccccc2n1Cc1ccccc1Cl. The topological polar surface area (TPSA) is 58.4 Å². The molecular formula is C25H22Cl2N4O. The molecule has 1 amide bonds. The van der Waals surface area contributed by atoms with Crippen LogP contribution < -0.4 is 10.7 Å². The van der Waals surface area contributed by atoms with Crippen LogP contribution in [0.2, 0.25) is 10.0 Å². The molecule has 0 fully saturated rings. The minimum atomic E-state index is -0.242. The molecule has 1 heterocycles. The lowest BCUT2D eigenvalue weighted by atomic mass is 10.1. The maximum Gasteiger partial charge on any atom is 0.259 e. The van der Waals surface area contributed by atoms with E-state index in [2.05, 4.69) is 32.5 Å². The van der Waals surface area contributed by atoms with E-state index >= 15 is 0 Å². The second kappa shape index (κ2) is 9.90. The highest BCUT2D eigenvalue weighted by Crippen LogP contribution is 2.27. The van der Waals surface area contributed by atoms with E-state index in [9.17, 15) is 4.79 Å². The Hall–Kier alpha value is -3.28. The number of amides is 1. The number of halogens is 2. The van der Waals surface area contributed by atoms with Crippen molar-refractivity contribution in [1.29, 1.82) is 0 Å². The molecule has 0 atom stereocenters. The van der Waals surface area contributed by atoms with Gasteiger partial charge >= 0.3 is 0 Å². The van der Waals surface area contributed by atoms with Gasteiger partial charge in [-0.2, -0.15) is 5.10 Å². The Bertz CT molecular complexity index is 1280. The molecule has 0 saturated carbocycles. The Balaban J connectivity index is 1.49. The minimum absolute atomic E-state index is 0.103. The summed E-state index contributed by atoms with van der Waals surface area (Å²) in [6.45, 7) is 2.80. The van der Waals surface area contributed by atoms with Crippen molar-refractivity contribution >= 4 is 51.9 Å². The lowest BCUT2D eigenvalue weighted by Gasteiger charge is -2.10. The Morgan fingerprint density at radius 3 is 2.50 bits per heavy atom. The van der Waals surface area contributed by atoms with Gasteiger partial charge in [0.2, 0.25) is 0 Å². The molecule has 0 unspecified atom stereocenters. The van der Waals surface area contributed by atoms with Crippen LogP contribution >= 0.6 is 23.2 Å². The molecule has 0 spiro atoms. The zero-order chi connectivity index (χ0) is 22.5. The number of aromatic nitrogens is 1. The number of carbonyl (C=O) groups excluding carboxylic acids is 1. The van der Waals surface area contributed by atoms with Crippen LogP contribution in [-0.4, -0.2) is 23.2 Å². The molecule has 4 aromatic rings. The molecule has 7 heteroatoms. The fraction of sp³-hybridized carbons (Fsp3) is 0.120. The fourth-order valence-electron chi connectivity index (χ4n) is 3.58. The van der Waals surface area contributed by atoms with Gasteiger partial charge in [0.25, 0.3) is 5.91 Å². The van der Waals surface area contributed by atoms with Gasteiger partial charge in [0.15, 0.2) is 0 Å². The van der Waals surface area contributed by atoms with Crippen LogP contribution in [0.4, 0.5) is 5.69 Å². The van der Waals surface area contributed by atoms with Crippen molar-refractivity contribution in [2.75, 3.05) is 11.9 Å². The van der Waals surface area contributed by atoms with E-state index in [4.69, 9.17) is 23.2 Å². The lowest BCUT2D eigenvalue weighted by molar-refractivity contribution is -0.119. The normalized spacial score (nSPS) is 11.2. The van der Waals surface area contributed by atoms with Crippen LogP contribution in [0.25, 0.3) is 10.9 Å². The first-order valence-electron chi connectivity index (χ1n) is 10.2. The van der Waals surface area contributed by atoms with Gasteiger partial charge in [-0.1, -0.05) is 59.6 Å². The minimum Gasteiger partial charge on any atom is -0.376 e. The molecule has 3 aromatic carbocycles. The van der Waals surface area contributed by atoms with E-state index in [0.717, 1.165) is 38.4 Å². The quantitative estimate of drug-likeness (QED) is 0.265. The van der Waals surface area contributed by atoms with E-state index in [1.165, 1.54) is 0 Å². The summed E-state index contributed by atoms with van der Waals surface area (Å²) < 4.78 is 2.21. The van der Waals surface area contributed by atoms with Gasteiger partial charge in [-0.3, -0.25) is 4.79 Å². The highest BCUT2D eigenvalue weighted by Gasteiger charge is 2.13. The van der Waals surface area contributed by atoms with E-state index in [1.807, 2.05) is 55.5 Å². The number of para-hydroxylation sites is 1. The lowest BCUT2D eigenvalue weighted by Crippen LogP contribution is -2.25.